The van der Waals surface area contributed by atoms with Gasteiger partial charge in [0.1, 0.15) is 0 Å². The van der Waals surface area contributed by atoms with E-state index >= 15 is 0 Å². The van der Waals surface area contributed by atoms with E-state index in [1.165, 1.54) is 0 Å². The lowest BCUT2D eigenvalue weighted by molar-refractivity contribution is -0.135. The van der Waals surface area contributed by atoms with Gasteiger partial charge in [0, 0.05) is 19.5 Å². The summed E-state index contributed by atoms with van der Waals surface area (Å²) in [7, 11) is 0. The standard InChI is InChI=1S/C12H23N3O2/c1-2-9(7-13)6-11(16)15-5-3-4-10(8-15)12(14)17/h9-10H,2-8,13H2,1H3,(H2,14,17). The smallest absolute Gasteiger partial charge is 0.222 e. The van der Waals surface area contributed by atoms with E-state index < -0.39 is 0 Å². The number of carbonyl (C=O) groups excluding carboxylic acids is 2. The van der Waals surface area contributed by atoms with E-state index in [1.807, 2.05) is 6.92 Å². The van der Waals surface area contributed by atoms with Crippen molar-refractivity contribution >= 4 is 11.8 Å². The fourth-order valence-corrected chi connectivity index (χ4v) is 2.21. The lowest BCUT2D eigenvalue weighted by Crippen LogP contribution is -2.44. The van der Waals surface area contributed by atoms with Crippen LogP contribution in [0.25, 0.3) is 0 Å². The molecule has 1 aliphatic heterocycles. The van der Waals surface area contributed by atoms with E-state index in [0.29, 0.717) is 19.5 Å². The van der Waals surface area contributed by atoms with E-state index in [1.54, 1.807) is 4.90 Å². The van der Waals surface area contributed by atoms with Gasteiger partial charge in [-0.2, -0.15) is 0 Å². The van der Waals surface area contributed by atoms with Crippen molar-refractivity contribution in [3.8, 4) is 0 Å². The third kappa shape index (κ3) is 4.00. The molecule has 1 saturated heterocycles. The van der Waals surface area contributed by atoms with Gasteiger partial charge >= 0.3 is 0 Å². The Balaban J connectivity index is 2.48. The molecule has 0 aliphatic carbocycles. The summed E-state index contributed by atoms with van der Waals surface area (Å²) in [5.74, 6) is -0.122. The first kappa shape index (κ1) is 14.0. The topological polar surface area (TPSA) is 89.4 Å². The molecule has 1 fully saturated rings. The lowest BCUT2D eigenvalue weighted by atomic mass is 9.95. The van der Waals surface area contributed by atoms with E-state index in [9.17, 15) is 9.59 Å². The fourth-order valence-electron chi connectivity index (χ4n) is 2.21. The molecule has 0 aromatic carbocycles. The average Bonchev–Trinajstić information content (AvgIpc) is 2.35. The summed E-state index contributed by atoms with van der Waals surface area (Å²) in [5, 5.41) is 0. The highest BCUT2D eigenvalue weighted by molar-refractivity contribution is 5.80. The molecule has 2 atom stereocenters. The maximum Gasteiger partial charge on any atom is 0.222 e. The monoisotopic (exact) mass is 241 g/mol. The van der Waals surface area contributed by atoms with Gasteiger partial charge in [0.15, 0.2) is 0 Å². The van der Waals surface area contributed by atoms with Crippen LogP contribution in [-0.4, -0.2) is 36.3 Å². The summed E-state index contributed by atoms with van der Waals surface area (Å²) in [5.41, 5.74) is 10.9. The molecule has 1 heterocycles. The molecule has 0 aromatic rings. The van der Waals surface area contributed by atoms with Gasteiger partial charge in [0.2, 0.25) is 11.8 Å². The number of likely N-dealkylation sites (tertiary alicyclic amines) is 1. The van der Waals surface area contributed by atoms with Gasteiger partial charge in [0.05, 0.1) is 5.92 Å². The summed E-state index contributed by atoms with van der Waals surface area (Å²) >= 11 is 0. The number of nitrogens with zero attached hydrogens (tertiary/aromatic N) is 1. The number of nitrogens with two attached hydrogens (primary N) is 2. The zero-order chi connectivity index (χ0) is 12.8. The van der Waals surface area contributed by atoms with Crippen molar-refractivity contribution in [2.45, 2.75) is 32.6 Å². The predicted octanol–water partition coefficient (Wildman–Crippen LogP) is 0.0853. The van der Waals surface area contributed by atoms with Crippen LogP contribution in [-0.2, 0) is 9.59 Å². The molecule has 1 rings (SSSR count). The molecule has 2 unspecified atom stereocenters. The Hall–Kier alpha value is -1.10. The molecule has 0 radical (unpaired) electrons. The van der Waals surface area contributed by atoms with Crippen molar-refractivity contribution in [1.29, 1.82) is 0 Å². The van der Waals surface area contributed by atoms with Gasteiger partial charge in [-0.15, -0.1) is 0 Å². The van der Waals surface area contributed by atoms with Gasteiger partial charge < -0.3 is 16.4 Å². The zero-order valence-corrected chi connectivity index (χ0v) is 10.5. The number of rotatable bonds is 5. The molecule has 0 spiro atoms. The molecule has 0 bridgehead atoms. The highest BCUT2D eigenvalue weighted by Gasteiger charge is 2.27. The third-order valence-electron chi connectivity index (χ3n) is 3.55. The Bertz CT molecular complexity index is 277. The third-order valence-corrected chi connectivity index (χ3v) is 3.55. The van der Waals surface area contributed by atoms with Gasteiger partial charge in [-0.05, 0) is 25.3 Å². The first-order valence-corrected chi connectivity index (χ1v) is 6.35. The van der Waals surface area contributed by atoms with Gasteiger partial charge in [0.25, 0.3) is 0 Å². The van der Waals surface area contributed by atoms with Gasteiger partial charge in [-0.1, -0.05) is 13.3 Å². The summed E-state index contributed by atoms with van der Waals surface area (Å²) < 4.78 is 0. The van der Waals surface area contributed by atoms with Crippen LogP contribution in [0.5, 0.6) is 0 Å². The molecule has 5 heteroatoms. The first-order chi connectivity index (χ1) is 8.08. The van der Waals surface area contributed by atoms with Gasteiger partial charge in [-0.25, -0.2) is 0 Å². The van der Waals surface area contributed by atoms with Crippen molar-refractivity contribution in [3.05, 3.63) is 0 Å². The summed E-state index contributed by atoms with van der Waals surface area (Å²) in [6.07, 6.45) is 3.06. The molecule has 4 N–H and O–H groups in total. The predicted molar refractivity (Wildman–Crippen MR) is 66.0 cm³/mol. The van der Waals surface area contributed by atoms with Crippen molar-refractivity contribution < 1.29 is 9.59 Å². The van der Waals surface area contributed by atoms with Crippen LogP contribution >= 0.6 is 0 Å². The average molecular weight is 241 g/mol. The molecule has 0 aromatic heterocycles. The molecule has 2 amide bonds. The normalized spacial score (nSPS) is 22.2. The van der Waals surface area contributed by atoms with Crippen molar-refractivity contribution in [3.63, 3.8) is 0 Å². The van der Waals surface area contributed by atoms with Crippen LogP contribution < -0.4 is 11.5 Å². The second-order valence-corrected chi connectivity index (χ2v) is 4.80. The Morgan fingerprint density at radius 3 is 2.71 bits per heavy atom. The highest BCUT2D eigenvalue weighted by atomic mass is 16.2. The van der Waals surface area contributed by atoms with Crippen LogP contribution in [0.2, 0.25) is 0 Å². The quantitative estimate of drug-likeness (QED) is 0.714. The molecule has 17 heavy (non-hydrogen) atoms. The molecular weight excluding hydrogens is 218 g/mol. The minimum Gasteiger partial charge on any atom is -0.369 e. The number of hydrogen-bond donors (Lipinski definition) is 2. The minimum absolute atomic E-state index is 0.105. The lowest BCUT2D eigenvalue weighted by Gasteiger charge is -2.32. The summed E-state index contributed by atoms with van der Waals surface area (Å²) in [4.78, 5) is 24.9. The number of amides is 2. The van der Waals surface area contributed by atoms with Crippen LogP contribution in [0.15, 0.2) is 0 Å². The largest absolute Gasteiger partial charge is 0.369 e. The Kier molecular flexibility index (Phi) is 5.41. The van der Waals surface area contributed by atoms with E-state index in [-0.39, 0.29) is 23.7 Å². The Morgan fingerprint density at radius 2 is 2.18 bits per heavy atom. The van der Waals surface area contributed by atoms with E-state index in [2.05, 4.69) is 0 Å². The second-order valence-electron chi connectivity index (χ2n) is 4.80. The molecular formula is C12H23N3O2. The van der Waals surface area contributed by atoms with Crippen molar-refractivity contribution in [2.75, 3.05) is 19.6 Å². The zero-order valence-electron chi connectivity index (χ0n) is 10.5. The van der Waals surface area contributed by atoms with Crippen LogP contribution in [0.3, 0.4) is 0 Å². The SMILES string of the molecule is CCC(CN)CC(=O)N1CCCC(C(N)=O)C1. The number of piperidine rings is 1. The summed E-state index contributed by atoms with van der Waals surface area (Å²) in [6, 6.07) is 0. The van der Waals surface area contributed by atoms with Crippen molar-refractivity contribution in [1.82, 2.24) is 4.90 Å². The Morgan fingerprint density at radius 1 is 1.47 bits per heavy atom. The number of primary amides is 1. The fraction of sp³-hybridized carbons (Fsp3) is 0.833. The number of hydrogen-bond acceptors (Lipinski definition) is 3. The molecule has 1 aliphatic rings. The van der Waals surface area contributed by atoms with Gasteiger partial charge in [-0.3, -0.25) is 9.59 Å². The summed E-state index contributed by atoms with van der Waals surface area (Å²) in [6.45, 7) is 3.79. The first-order valence-electron chi connectivity index (χ1n) is 6.35. The van der Waals surface area contributed by atoms with Crippen LogP contribution in [0.1, 0.15) is 32.6 Å². The number of carbonyl (C=O) groups is 2. The van der Waals surface area contributed by atoms with E-state index in [4.69, 9.17) is 11.5 Å². The van der Waals surface area contributed by atoms with Crippen molar-refractivity contribution in [2.24, 2.45) is 23.3 Å². The maximum atomic E-state index is 12.0. The second kappa shape index (κ2) is 6.59. The van der Waals surface area contributed by atoms with Crippen LogP contribution in [0.4, 0.5) is 0 Å². The Labute approximate surface area is 103 Å². The highest BCUT2D eigenvalue weighted by Crippen LogP contribution is 2.18. The molecule has 98 valence electrons. The molecule has 0 saturated carbocycles. The molecule has 5 nitrogen and oxygen atoms in total. The maximum absolute atomic E-state index is 12.0. The van der Waals surface area contributed by atoms with Crippen LogP contribution in [0, 0.1) is 11.8 Å². The minimum atomic E-state index is -0.298. The van der Waals surface area contributed by atoms with E-state index in [0.717, 1.165) is 25.8 Å².